The fourth-order valence-electron chi connectivity index (χ4n) is 2.46. The second-order valence-corrected chi connectivity index (χ2v) is 5.16. The molecular formula is C15H17F3O5. The fraction of sp³-hybridized carbons (Fsp3) is 0.533. The highest BCUT2D eigenvalue weighted by molar-refractivity contribution is 5.89. The zero-order valence-electron chi connectivity index (χ0n) is 12.3. The molecule has 4 atom stereocenters. The summed E-state index contributed by atoms with van der Waals surface area (Å²) in [5, 5.41) is 9.08. The van der Waals surface area contributed by atoms with Crippen molar-refractivity contribution in [2.75, 3.05) is 13.7 Å². The van der Waals surface area contributed by atoms with Crippen LogP contribution in [0.1, 0.15) is 16.8 Å². The van der Waals surface area contributed by atoms with Crippen LogP contribution in [-0.4, -0.2) is 49.5 Å². The Morgan fingerprint density at radius 2 is 2.00 bits per heavy atom. The molecular weight excluding hydrogens is 317 g/mol. The number of alkyl halides is 3. The van der Waals surface area contributed by atoms with Gasteiger partial charge in [0.1, 0.15) is 0 Å². The predicted octanol–water partition coefficient (Wildman–Crippen LogP) is 2.14. The van der Waals surface area contributed by atoms with Crippen LogP contribution in [0.15, 0.2) is 30.3 Å². The van der Waals surface area contributed by atoms with E-state index >= 15 is 0 Å². The Kier molecular flexibility index (Phi) is 5.61. The van der Waals surface area contributed by atoms with E-state index in [4.69, 9.17) is 19.3 Å². The maximum Gasteiger partial charge on any atom is 0.395 e. The van der Waals surface area contributed by atoms with Crippen molar-refractivity contribution in [3.63, 3.8) is 0 Å². The molecule has 1 aliphatic heterocycles. The number of rotatable bonds is 4. The molecule has 1 N–H and O–H groups in total. The molecule has 0 saturated carbocycles. The quantitative estimate of drug-likeness (QED) is 0.855. The molecule has 23 heavy (non-hydrogen) atoms. The minimum absolute atomic E-state index is 0.132. The number of benzene rings is 1. The highest BCUT2D eigenvalue weighted by Gasteiger charge is 2.54. The van der Waals surface area contributed by atoms with Gasteiger partial charge >= 0.3 is 12.1 Å². The third kappa shape index (κ3) is 4.21. The number of esters is 1. The topological polar surface area (TPSA) is 65.0 Å². The molecule has 128 valence electrons. The van der Waals surface area contributed by atoms with E-state index in [1.807, 2.05) is 0 Å². The molecule has 1 aliphatic rings. The Morgan fingerprint density at radius 1 is 1.35 bits per heavy atom. The molecule has 0 aromatic heterocycles. The molecule has 2 rings (SSSR count). The van der Waals surface area contributed by atoms with Gasteiger partial charge in [-0.3, -0.25) is 0 Å². The lowest BCUT2D eigenvalue weighted by Crippen LogP contribution is -2.53. The third-order valence-corrected chi connectivity index (χ3v) is 3.62. The van der Waals surface area contributed by atoms with Crippen LogP contribution in [0.5, 0.6) is 0 Å². The normalized spacial score (nSPS) is 28.4. The van der Waals surface area contributed by atoms with Gasteiger partial charge in [-0.15, -0.1) is 0 Å². The Bertz CT molecular complexity index is 520. The summed E-state index contributed by atoms with van der Waals surface area (Å²) in [5.41, 5.74) is 0.132. The number of methoxy groups -OCH3 is 1. The molecule has 0 unspecified atom stereocenters. The first-order valence-electron chi connectivity index (χ1n) is 6.98. The minimum atomic E-state index is -4.62. The van der Waals surface area contributed by atoms with Crippen molar-refractivity contribution >= 4 is 5.97 Å². The van der Waals surface area contributed by atoms with E-state index < -0.39 is 49.6 Å². The molecule has 0 aliphatic carbocycles. The standard InChI is InChI=1S/C15H17F3O5/c1-21-14-12(23-13(20)9-5-3-2-4-6-9)11(15(16,17)18)7-10(8-19)22-14/h2-6,10-12,14,19H,7-8H2,1H3/t10-,11-,12+,14-/m0/s1. The summed E-state index contributed by atoms with van der Waals surface area (Å²) in [7, 11) is 1.15. The van der Waals surface area contributed by atoms with Crippen LogP contribution >= 0.6 is 0 Å². The van der Waals surface area contributed by atoms with Crippen molar-refractivity contribution in [3.8, 4) is 0 Å². The summed E-state index contributed by atoms with van der Waals surface area (Å²) >= 11 is 0. The van der Waals surface area contributed by atoms with Gasteiger partial charge < -0.3 is 19.3 Å². The Labute approximate surface area is 131 Å². The molecule has 5 nitrogen and oxygen atoms in total. The van der Waals surface area contributed by atoms with Gasteiger partial charge in [-0.1, -0.05) is 18.2 Å². The van der Waals surface area contributed by atoms with Gasteiger partial charge in [-0.25, -0.2) is 4.79 Å². The van der Waals surface area contributed by atoms with Gasteiger partial charge in [-0.2, -0.15) is 13.2 Å². The van der Waals surface area contributed by atoms with Crippen LogP contribution in [0.4, 0.5) is 13.2 Å². The first-order valence-corrected chi connectivity index (χ1v) is 6.98. The SMILES string of the molecule is CO[C@H]1O[C@H](CO)C[C@H](C(F)(F)F)[C@H]1OC(=O)c1ccccc1. The highest BCUT2D eigenvalue weighted by atomic mass is 19.4. The van der Waals surface area contributed by atoms with E-state index in [1.165, 1.54) is 12.1 Å². The van der Waals surface area contributed by atoms with E-state index in [-0.39, 0.29) is 5.56 Å². The molecule has 1 saturated heterocycles. The lowest BCUT2D eigenvalue weighted by Gasteiger charge is -2.40. The summed E-state index contributed by atoms with van der Waals surface area (Å²) in [4.78, 5) is 12.0. The molecule has 1 fully saturated rings. The van der Waals surface area contributed by atoms with E-state index in [0.717, 1.165) is 7.11 Å². The second-order valence-electron chi connectivity index (χ2n) is 5.16. The molecule has 0 bridgehead atoms. The van der Waals surface area contributed by atoms with Gasteiger partial charge in [-0.05, 0) is 18.6 Å². The number of carbonyl (C=O) groups is 1. The van der Waals surface area contributed by atoms with Crippen LogP contribution in [0.2, 0.25) is 0 Å². The first-order chi connectivity index (χ1) is 10.9. The van der Waals surface area contributed by atoms with E-state index in [1.54, 1.807) is 18.2 Å². The zero-order valence-corrected chi connectivity index (χ0v) is 12.3. The minimum Gasteiger partial charge on any atom is -0.453 e. The van der Waals surface area contributed by atoms with Crippen LogP contribution in [0, 0.1) is 5.92 Å². The molecule has 8 heteroatoms. The number of hydrogen-bond acceptors (Lipinski definition) is 5. The smallest absolute Gasteiger partial charge is 0.395 e. The van der Waals surface area contributed by atoms with Crippen molar-refractivity contribution in [1.82, 2.24) is 0 Å². The van der Waals surface area contributed by atoms with Crippen molar-refractivity contribution in [1.29, 1.82) is 0 Å². The molecule has 1 aromatic rings. The molecule has 1 heterocycles. The van der Waals surface area contributed by atoms with E-state index in [2.05, 4.69) is 0 Å². The molecule has 0 amide bonds. The summed E-state index contributed by atoms with van der Waals surface area (Å²) in [6.45, 7) is -0.578. The molecule has 0 radical (unpaired) electrons. The van der Waals surface area contributed by atoms with Gasteiger partial charge in [0.05, 0.1) is 24.2 Å². The zero-order chi connectivity index (χ0) is 17.0. The van der Waals surface area contributed by atoms with Crippen molar-refractivity contribution in [3.05, 3.63) is 35.9 Å². The van der Waals surface area contributed by atoms with E-state index in [0.29, 0.717) is 0 Å². The monoisotopic (exact) mass is 334 g/mol. The maximum absolute atomic E-state index is 13.3. The largest absolute Gasteiger partial charge is 0.453 e. The van der Waals surface area contributed by atoms with Crippen LogP contribution in [0.3, 0.4) is 0 Å². The predicted molar refractivity (Wildman–Crippen MR) is 72.6 cm³/mol. The van der Waals surface area contributed by atoms with E-state index in [9.17, 15) is 18.0 Å². The lowest BCUT2D eigenvalue weighted by atomic mass is 9.91. The summed E-state index contributed by atoms with van der Waals surface area (Å²) in [5.74, 6) is -2.87. The number of ether oxygens (including phenoxy) is 3. The number of aliphatic hydroxyl groups excluding tert-OH is 1. The van der Waals surface area contributed by atoms with Gasteiger partial charge in [0, 0.05) is 7.11 Å². The van der Waals surface area contributed by atoms with Crippen molar-refractivity contribution in [2.24, 2.45) is 5.92 Å². The summed E-state index contributed by atoms with van der Waals surface area (Å²) in [6, 6.07) is 7.69. The Morgan fingerprint density at radius 3 is 2.52 bits per heavy atom. The number of aliphatic hydroxyl groups is 1. The van der Waals surface area contributed by atoms with Crippen LogP contribution < -0.4 is 0 Å². The second kappa shape index (κ2) is 7.29. The van der Waals surface area contributed by atoms with Crippen LogP contribution in [0.25, 0.3) is 0 Å². The lowest BCUT2D eigenvalue weighted by molar-refractivity contribution is -0.301. The van der Waals surface area contributed by atoms with Gasteiger partial charge in [0.15, 0.2) is 12.4 Å². The molecule has 1 aromatic carbocycles. The number of carbonyl (C=O) groups excluding carboxylic acids is 1. The average molecular weight is 334 g/mol. The molecule has 0 spiro atoms. The highest BCUT2D eigenvalue weighted by Crippen LogP contribution is 2.40. The average Bonchev–Trinajstić information content (AvgIpc) is 2.54. The van der Waals surface area contributed by atoms with Gasteiger partial charge in [0.2, 0.25) is 0 Å². The summed E-state index contributed by atoms with van der Waals surface area (Å²) in [6.07, 6.45) is -9.20. The fourth-order valence-corrected chi connectivity index (χ4v) is 2.46. The van der Waals surface area contributed by atoms with Gasteiger partial charge in [0.25, 0.3) is 0 Å². The number of halogens is 3. The third-order valence-electron chi connectivity index (χ3n) is 3.62. The van der Waals surface area contributed by atoms with Crippen LogP contribution in [-0.2, 0) is 14.2 Å². The summed E-state index contributed by atoms with van der Waals surface area (Å²) < 4.78 is 55.0. The van der Waals surface area contributed by atoms with Crippen molar-refractivity contribution in [2.45, 2.75) is 31.1 Å². The first kappa shape index (κ1) is 17.7. The Hall–Kier alpha value is -1.64. The maximum atomic E-state index is 13.3. The number of hydrogen-bond donors (Lipinski definition) is 1. The Balaban J connectivity index is 2.22. The van der Waals surface area contributed by atoms with Crippen molar-refractivity contribution < 1.29 is 37.3 Å².